The molecule has 5 heteroatoms. The first-order chi connectivity index (χ1) is 12.5. The number of ketones is 1. The molecule has 0 fully saturated rings. The predicted octanol–water partition coefficient (Wildman–Crippen LogP) is 5.72. The molecule has 0 saturated heterocycles. The van der Waals surface area contributed by atoms with Gasteiger partial charge in [0.25, 0.3) is 0 Å². The summed E-state index contributed by atoms with van der Waals surface area (Å²) in [6.45, 7) is 0. The van der Waals surface area contributed by atoms with Crippen LogP contribution in [0.2, 0.25) is 5.02 Å². The van der Waals surface area contributed by atoms with E-state index in [4.69, 9.17) is 11.6 Å². The average Bonchev–Trinajstić information content (AvgIpc) is 2.96. The van der Waals surface area contributed by atoms with Gasteiger partial charge >= 0.3 is 0 Å². The number of aromatic nitrogens is 1. The monoisotopic (exact) mass is 373 g/mol. The van der Waals surface area contributed by atoms with Crippen LogP contribution in [0.4, 0.5) is 8.78 Å². The lowest BCUT2D eigenvalue weighted by molar-refractivity contribution is -0.118. The van der Waals surface area contributed by atoms with Crippen molar-refractivity contribution in [1.82, 2.24) is 4.98 Å². The molecule has 2 aromatic carbocycles. The third-order valence-corrected chi connectivity index (χ3v) is 5.41. The fraction of sp³-hybridized carbons (Fsp3) is 0.286. The zero-order valence-electron chi connectivity index (χ0n) is 14.1. The molecule has 1 aliphatic carbocycles. The fourth-order valence-corrected chi connectivity index (χ4v) is 4.06. The molecule has 0 amide bonds. The highest BCUT2D eigenvalue weighted by Gasteiger charge is 2.26. The van der Waals surface area contributed by atoms with Gasteiger partial charge < -0.3 is 4.98 Å². The van der Waals surface area contributed by atoms with E-state index < -0.39 is 11.6 Å². The third kappa shape index (κ3) is 3.26. The third-order valence-electron chi connectivity index (χ3n) is 5.16. The summed E-state index contributed by atoms with van der Waals surface area (Å²) in [7, 11) is 0. The number of hydrogen-bond acceptors (Lipinski definition) is 1. The van der Waals surface area contributed by atoms with Crippen molar-refractivity contribution < 1.29 is 13.6 Å². The van der Waals surface area contributed by atoms with Gasteiger partial charge in [-0.25, -0.2) is 8.78 Å². The quantitative estimate of drug-likeness (QED) is 0.623. The summed E-state index contributed by atoms with van der Waals surface area (Å²) >= 11 is 5.88. The van der Waals surface area contributed by atoms with E-state index >= 15 is 0 Å². The summed E-state index contributed by atoms with van der Waals surface area (Å²) in [5.41, 5.74) is 3.53. The van der Waals surface area contributed by atoms with Gasteiger partial charge in [-0.1, -0.05) is 23.7 Å². The maximum Gasteiger partial charge on any atom is 0.160 e. The molecule has 3 aromatic rings. The number of H-pyrrole nitrogens is 1. The molecule has 2 nitrogen and oxygen atoms in total. The Kier molecular flexibility index (Phi) is 4.53. The Hall–Kier alpha value is -2.20. The largest absolute Gasteiger partial charge is 0.358 e. The number of nitrogens with one attached hydrogen (secondary N) is 1. The van der Waals surface area contributed by atoms with Crippen LogP contribution in [0.3, 0.4) is 0 Å². The Balaban J connectivity index is 1.57. The first-order valence-electron chi connectivity index (χ1n) is 8.77. The van der Waals surface area contributed by atoms with Gasteiger partial charge in [0, 0.05) is 46.4 Å². The highest BCUT2D eigenvalue weighted by atomic mass is 35.5. The lowest BCUT2D eigenvalue weighted by atomic mass is 9.83. The van der Waals surface area contributed by atoms with Crippen molar-refractivity contribution in [1.29, 1.82) is 0 Å². The zero-order chi connectivity index (χ0) is 18.3. The molecule has 0 bridgehead atoms. The summed E-state index contributed by atoms with van der Waals surface area (Å²) in [4.78, 5) is 15.8. The number of rotatable bonds is 4. The van der Waals surface area contributed by atoms with Crippen LogP contribution in [0.25, 0.3) is 10.9 Å². The molecule has 1 N–H and O–H groups in total. The number of carbonyl (C=O) groups excluding carboxylic acids is 1. The van der Waals surface area contributed by atoms with Gasteiger partial charge in [0.15, 0.2) is 11.6 Å². The molecule has 1 aliphatic rings. The van der Waals surface area contributed by atoms with Crippen LogP contribution in [-0.4, -0.2) is 10.8 Å². The number of hydrogen-bond donors (Lipinski definition) is 1. The van der Waals surface area contributed by atoms with E-state index in [1.54, 1.807) is 12.1 Å². The van der Waals surface area contributed by atoms with E-state index in [0.29, 0.717) is 23.4 Å². The molecular weight excluding hydrogens is 356 g/mol. The van der Waals surface area contributed by atoms with Crippen molar-refractivity contribution in [3.05, 3.63) is 69.9 Å². The van der Waals surface area contributed by atoms with Crippen molar-refractivity contribution in [3.63, 3.8) is 0 Å². The fourth-order valence-electron chi connectivity index (χ4n) is 3.93. The van der Waals surface area contributed by atoms with Crippen LogP contribution < -0.4 is 0 Å². The first kappa shape index (κ1) is 17.2. The Morgan fingerprint density at radius 1 is 1.15 bits per heavy atom. The SMILES string of the molecule is O=C(Cc1ccc(Cl)cc1)CC1CCCc2c1[nH]c1cc(F)c(F)cc21. The molecule has 1 atom stereocenters. The lowest BCUT2D eigenvalue weighted by Crippen LogP contribution is -2.15. The van der Waals surface area contributed by atoms with Gasteiger partial charge in [0.2, 0.25) is 0 Å². The Morgan fingerprint density at radius 2 is 1.88 bits per heavy atom. The number of Topliss-reactive ketones (excluding diaryl/α,β-unsaturated/α-hetero) is 1. The molecule has 1 unspecified atom stereocenters. The minimum atomic E-state index is -0.855. The molecule has 134 valence electrons. The number of carbonyl (C=O) groups is 1. The summed E-state index contributed by atoms with van der Waals surface area (Å²) in [6, 6.07) is 9.75. The van der Waals surface area contributed by atoms with Crippen LogP contribution in [0.5, 0.6) is 0 Å². The van der Waals surface area contributed by atoms with E-state index in [1.807, 2.05) is 12.1 Å². The molecule has 0 aliphatic heterocycles. The number of aromatic amines is 1. The number of fused-ring (bicyclic) bond motifs is 3. The molecule has 1 aromatic heterocycles. The van der Waals surface area contributed by atoms with Crippen molar-refractivity contribution in [2.45, 2.75) is 38.0 Å². The molecule has 4 rings (SSSR count). The van der Waals surface area contributed by atoms with Crippen LogP contribution in [0.1, 0.15) is 42.0 Å². The van der Waals surface area contributed by atoms with E-state index in [2.05, 4.69) is 4.98 Å². The smallest absolute Gasteiger partial charge is 0.160 e. The number of aryl methyl sites for hydroxylation is 1. The van der Waals surface area contributed by atoms with Crippen molar-refractivity contribution in [3.8, 4) is 0 Å². The predicted molar refractivity (Wildman–Crippen MR) is 98.7 cm³/mol. The second kappa shape index (κ2) is 6.84. The van der Waals surface area contributed by atoms with Gasteiger partial charge in [-0.15, -0.1) is 0 Å². The number of halogens is 3. The molecule has 0 radical (unpaired) electrons. The van der Waals surface area contributed by atoms with Crippen LogP contribution in [-0.2, 0) is 17.6 Å². The summed E-state index contributed by atoms with van der Waals surface area (Å²) < 4.78 is 27.2. The van der Waals surface area contributed by atoms with Crippen molar-refractivity contribution in [2.24, 2.45) is 0 Å². The van der Waals surface area contributed by atoms with E-state index in [9.17, 15) is 13.6 Å². The maximum absolute atomic E-state index is 13.6. The standard InChI is InChI=1S/C21H18ClF2NO/c22-14-6-4-12(5-7-14)8-15(26)9-13-2-1-3-16-17-10-18(23)19(24)11-20(17)25-21(13)16/h4-7,10-11,13,25H,1-3,8-9H2. The molecule has 0 saturated carbocycles. The van der Waals surface area contributed by atoms with Crippen molar-refractivity contribution >= 4 is 28.3 Å². The van der Waals surface area contributed by atoms with Gasteiger partial charge in [-0.2, -0.15) is 0 Å². The van der Waals surface area contributed by atoms with Gasteiger partial charge in [-0.3, -0.25) is 4.79 Å². The average molecular weight is 374 g/mol. The minimum absolute atomic E-state index is 0.0667. The van der Waals surface area contributed by atoms with Gasteiger partial charge in [-0.05, 0) is 48.6 Å². The normalized spacial score (nSPS) is 16.7. The Morgan fingerprint density at radius 3 is 2.65 bits per heavy atom. The summed E-state index contributed by atoms with van der Waals surface area (Å²) in [5, 5.41) is 1.38. The van der Waals surface area contributed by atoms with E-state index in [0.717, 1.165) is 41.5 Å². The van der Waals surface area contributed by atoms with Crippen LogP contribution in [0.15, 0.2) is 36.4 Å². The highest BCUT2D eigenvalue weighted by molar-refractivity contribution is 6.30. The van der Waals surface area contributed by atoms with Gasteiger partial charge in [0.1, 0.15) is 5.78 Å². The van der Waals surface area contributed by atoms with Gasteiger partial charge in [0.05, 0.1) is 0 Å². The second-order valence-corrected chi connectivity index (χ2v) is 7.40. The minimum Gasteiger partial charge on any atom is -0.358 e. The first-order valence-corrected chi connectivity index (χ1v) is 9.14. The maximum atomic E-state index is 13.6. The highest BCUT2D eigenvalue weighted by Crippen LogP contribution is 2.38. The molecule has 26 heavy (non-hydrogen) atoms. The van der Waals surface area contributed by atoms with Crippen molar-refractivity contribution in [2.75, 3.05) is 0 Å². The zero-order valence-corrected chi connectivity index (χ0v) is 14.9. The van der Waals surface area contributed by atoms with Crippen LogP contribution in [0, 0.1) is 11.6 Å². The molecule has 1 heterocycles. The topological polar surface area (TPSA) is 32.9 Å². The van der Waals surface area contributed by atoms with E-state index in [1.165, 1.54) is 12.1 Å². The molecular formula is C21H18ClF2NO. The van der Waals surface area contributed by atoms with E-state index in [-0.39, 0.29) is 11.7 Å². The second-order valence-electron chi connectivity index (χ2n) is 6.96. The van der Waals surface area contributed by atoms with Crippen LogP contribution >= 0.6 is 11.6 Å². The summed E-state index contributed by atoms with van der Waals surface area (Å²) in [5.74, 6) is -1.47. The summed E-state index contributed by atoms with van der Waals surface area (Å²) in [6.07, 6.45) is 3.46. The lowest BCUT2D eigenvalue weighted by Gasteiger charge is -2.22. The molecule has 0 spiro atoms. The Bertz CT molecular complexity index is 978. The number of benzene rings is 2. The Labute approximate surface area is 155 Å².